The molecule has 5 rings (SSSR count). The second kappa shape index (κ2) is 7.65. The molecule has 148 valence electrons. The number of hydrogen-bond acceptors (Lipinski definition) is 5. The Morgan fingerprint density at radius 1 is 1.29 bits per heavy atom. The second-order valence-electron chi connectivity index (χ2n) is 8.20. The van der Waals surface area contributed by atoms with Crippen LogP contribution in [0, 0.1) is 0 Å². The monoisotopic (exact) mass is 397 g/mol. The molecular weight excluding hydrogens is 370 g/mol. The molecule has 0 spiro atoms. The van der Waals surface area contributed by atoms with Gasteiger partial charge in [-0.05, 0) is 37.1 Å². The molecule has 5 nitrogen and oxygen atoms in total. The predicted octanol–water partition coefficient (Wildman–Crippen LogP) is 3.05. The van der Waals surface area contributed by atoms with Gasteiger partial charge in [0.2, 0.25) is 0 Å². The van der Waals surface area contributed by atoms with E-state index in [4.69, 9.17) is 9.72 Å². The van der Waals surface area contributed by atoms with Gasteiger partial charge in [0.05, 0.1) is 24.3 Å². The van der Waals surface area contributed by atoms with Crippen molar-refractivity contribution in [1.29, 1.82) is 0 Å². The highest BCUT2D eigenvalue weighted by molar-refractivity contribution is 7.99. The van der Waals surface area contributed by atoms with Gasteiger partial charge in [-0.25, -0.2) is 0 Å². The highest BCUT2D eigenvalue weighted by Gasteiger charge is 2.41. The number of morpholine rings is 1. The molecule has 3 fully saturated rings. The molecule has 2 saturated heterocycles. The Labute approximate surface area is 170 Å². The molecule has 1 aromatic carbocycles. The first-order valence-electron chi connectivity index (χ1n) is 10.3. The van der Waals surface area contributed by atoms with Crippen LogP contribution in [0.25, 0.3) is 10.9 Å². The number of benzene rings is 1. The molecule has 6 heteroatoms. The number of thioether (sulfide) groups is 1. The number of hydrogen-bond donors (Lipinski definition) is 1. The average Bonchev–Trinajstić information content (AvgIpc) is 3.49. The van der Waals surface area contributed by atoms with Gasteiger partial charge in [-0.3, -0.25) is 14.7 Å². The van der Waals surface area contributed by atoms with Crippen LogP contribution in [0.15, 0.2) is 30.3 Å². The fourth-order valence-corrected chi connectivity index (χ4v) is 5.92. The summed E-state index contributed by atoms with van der Waals surface area (Å²) >= 11 is 2.00. The summed E-state index contributed by atoms with van der Waals surface area (Å²) in [5.41, 5.74) is 2.83. The van der Waals surface area contributed by atoms with E-state index in [1.165, 1.54) is 12.8 Å². The number of pyridine rings is 1. The van der Waals surface area contributed by atoms with Gasteiger partial charge in [0.25, 0.3) is 5.91 Å². The van der Waals surface area contributed by atoms with Crippen LogP contribution >= 0.6 is 11.8 Å². The number of nitrogens with zero attached hydrogens (tertiary/aromatic N) is 2. The summed E-state index contributed by atoms with van der Waals surface area (Å²) in [5.74, 6) is 2.81. The minimum Gasteiger partial charge on any atom is -0.379 e. The number of amides is 1. The molecule has 3 aliphatic rings. The second-order valence-corrected chi connectivity index (χ2v) is 9.30. The van der Waals surface area contributed by atoms with Gasteiger partial charge in [0.1, 0.15) is 0 Å². The average molecular weight is 398 g/mol. The topological polar surface area (TPSA) is 54.5 Å². The zero-order chi connectivity index (χ0) is 19.0. The summed E-state index contributed by atoms with van der Waals surface area (Å²) in [5, 5.41) is 4.24. The molecule has 1 unspecified atom stereocenters. The molecule has 3 heterocycles. The lowest BCUT2D eigenvalue weighted by Crippen LogP contribution is -2.59. The maximum atomic E-state index is 13.2. The first-order valence-corrected chi connectivity index (χ1v) is 11.5. The third-order valence-corrected chi connectivity index (χ3v) is 7.55. The van der Waals surface area contributed by atoms with Gasteiger partial charge < -0.3 is 10.1 Å². The van der Waals surface area contributed by atoms with E-state index in [1.54, 1.807) is 0 Å². The zero-order valence-electron chi connectivity index (χ0n) is 16.2. The molecule has 1 amide bonds. The molecule has 1 aromatic heterocycles. The fraction of sp³-hybridized carbons (Fsp3) is 0.545. The van der Waals surface area contributed by atoms with Crippen LogP contribution in [0.5, 0.6) is 0 Å². The highest BCUT2D eigenvalue weighted by Crippen LogP contribution is 2.40. The van der Waals surface area contributed by atoms with Crippen LogP contribution < -0.4 is 5.32 Å². The summed E-state index contributed by atoms with van der Waals surface area (Å²) in [6, 6.07) is 10.0. The van der Waals surface area contributed by atoms with Crippen molar-refractivity contribution in [3.05, 3.63) is 41.6 Å². The Morgan fingerprint density at radius 2 is 2.11 bits per heavy atom. The quantitative estimate of drug-likeness (QED) is 0.840. The molecule has 0 radical (unpaired) electrons. The lowest BCUT2D eigenvalue weighted by Gasteiger charge is -2.43. The number of fused-ring (bicyclic) bond motifs is 1. The van der Waals surface area contributed by atoms with Gasteiger partial charge in [0, 0.05) is 47.9 Å². The van der Waals surface area contributed by atoms with Crippen molar-refractivity contribution in [3.63, 3.8) is 0 Å². The number of rotatable bonds is 5. The smallest absolute Gasteiger partial charge is 0.252 e. The van der Waals surface area contributed by atoms with E-state index < -0.39 is 0 Å². The molecule has 0 bridgehead atoms. The van der Waals surface area contributed by atoms with E-state index in [9.17, 15) is 4.79 Å². The molecule has 2 aliphatic heterocycles. The van der Waals surface area contributed by atoms with Crippen LogP contribution in [0.2, 0.25) is 0 Å². The Kier molecular flexibility index (Phi) is 5.03. The van der Waals surface area contributed by atoms with Crippen LogP contribution in [0.1, 0.15) is 41.2 Å². The Morgan fingerprint density at radius 3 is 2.86 bits per heavy atom. The summed E-state index contributed by atoms with van der Waals surface area (Å²) in [7, 11) is 0. The highest BCUT2D eigenvalue weighted by atomic mass is 32.2. The number of ether oxygens (including phenoxy) is 1. The molecular formula is C22H27N3O2S. The van der Waals surface area contributed by atoms with Crippen LogP contribution in [-0.4, -0.2) is 65.7 Å². The molecule has 1 atom stereocenters. The van der Waals surface area contributed by atoms with Gasteiger partial charge in [-0.1, -0.05) is 18.2 Å². The van der Waals surface area contributed by atoms with Crippen LogP contribution in [0.3, 0.4) is 0 Å². The van der Waals surface area contributed by atoms with E-state index >= 15 is 0 Å². The fourth-order valence-electron chi connectivity index (χ4n) is 4.45. The maximum Gasteiger partial charge on any atom is 0.252 e. The van der Waals surface area contributed by atoms with E-state index in [0.29, 0.717) is 12.5 Å². The van der Waals surface area contributed by atoms with Gasteiger partial charge in [-0.2, -0.15) is 11.8 Å². The van der Waals surface area contributed by atoms with E-state index in [1.807, 2.05) is 42.1 Å². The molecule has 1 aliphatic carbocycles. The van der Waals surface area contributed by atoms with E-state index in [0.717, 1.165) is 66.4 Å². The maximum absolute atomic E-state index is 13.2. The first kappa shape index (κ1) is 18.4. The van der Waals surface area contributed by atoms with Crippen LogP contribution in [0.4, 0.5) is 0 Å². The molecule has 1 saturated carbocycles. The number of carbonyl (C=O) groups is 1. The van der Waals surface area contributed by atoms with Crippen molar-refractivity contribution in [1.82, 2.24) is 15.2 Å². The normalized spacial score (nSPS) is 25.9. The summed E-state index contributed by atoms with van der Waals surface area (Å²) in [6.45, 7) is 4.20. The number of carbonyl (C=O) groups excluding carboxylic acids is 1. The predicted molar refractivity (Wildman–Crippen MR) is 113 cm³/mol. The van der Waals surface area contributed by atoms with Crippen molar-refractivity contribution in [3.8, 4) is 0 Å². The van der Waals surface area contributed by atoms with Gasteiger partial charge in [-0.15, -0.1) is 0 Å². The van der Waals surface area contributed by atoms with Crippen molar-refractivity contribution in [2.24, 2.45) is 0 Å². The lowest BCUT2D eigenvalue weighted by molar-refractivity contribution is -0.0129. The lowest BCUT2D eigenvalue weighted by atomic mass is 9.95. The third-order valence-electron chi connectivity index (χ3n) is 6.32. The zero-order valence-corrected chi connectivity index (χ0v) is 17.0. The largest absolute Gasteiger partial charge is 0.379 e. The minimum absolute atomic E-state index is 0.0324. The number of nitrogens with one attached hydrogen (secondary N) is 1. The van der Waals surface area contributed by atoms with Crippen molar-refractivity contribution < 1.29 is 9.53 Å². The molecule has 1 N–H and O–H groups in total. The van der Waals surface area contributed by atoms with Crippen molar-refractivity contribution in [2.75, 3.05) is 44.4 Å². The summed E-state index contributed by atoms with van der Waals surface area (Å²) in [6.07, 6.45) is 3.50. The first-order chi connectivity index (χ1) is 13.8. The van der Waals surface area contributed by atoms with Crippen LogP contribution in [-0.2, 0) is 4.74 Å². The Balaban J connectivity index is 1.39. The summed E-state index contributed by atoms with van der Waals surface area (Å²) < 4.78 is 5.55. The third kappa shape index (κ3) is 3.53. The van der Waals surface area contributed by atoms with Crippen molar-refractivity contribution in [2.45, 2.75) is 30.7 Å². The van der Waals surface area contributed by atoms with Crippen molar-refractivity contribution >= 4 is 28.6 Å². The number of aromatic nitrogens is 1. The SMILES string of the molecule is O=C(NCC1(N2CCOCC2)CCSC1)c1cc(C2CC2)nc2ccccc12. The molecule has 2 aromatic rings. The minimum atomic E-state index is 0.0324. The Hall–Kier alpha value is -1.63. The van der Waals surface area contributed by atoms with E-state index in [-0.39, 0.29) is 11.4 Å². The molecule has 28 heavy (non-hydrogen) atoms. The number of para-hydroxylation sites is 1. The van der Waals surface area contributed by atoms with Gasteiger partial charge in [0.15, 0.2) is 0 Å². The van der Waals surface area contributed by atoms with E-state index in [2.05, 4.69) is 10.2 Å². The summed E-state index contributed by atoms with van der Waals surface area (Å²) in [4.78, 5) is 20.6. The van der Waals surface area contributed by atoms with Gasteiger partial charge >= 0.3 is 0 Å². The standard InChI is InChI=1S/C22H27N3O2S/c26-21(23-14-22(7-12-28-15-22)25-8-10-27-11-9-25)18-13-20(16-5-6-16)24-19-4-2-1-3-17(18)19/h1-4,13,16H,5-12,14-15H2,(H,23,26). The Bertz CT molecular complexity index is 871.